The summed E-state index contributed by atoms with van der Waals surface area (Å²) in [5.74, 6) is 0. The van der Waals surface area contributed by atoms with Crippen molar-refractivity contribution in [2.75, 3.05) is 7.11 Å². The Morgan fingerprint density at radius 2 is 1.43 bits per heavy atom. The SMILES string of the molecule is C[O-].[N-]=C=S.[NH4+].[NH4+]. The van der Waals surface area contributed by atoms with Crippen molar-refractivity contribution < 1.29 is 5.11 Å². The van der Waals surface area contributed by atoms with E-state index in [0.717, 1.165) is 7.11 Å². The van der Waals surface area contributed by atoms with Crippen molar-refractivity contribution in [2.45, 2.75) is 0 Å². The quantitative estimate of drug-likeness (QED) is 0.359. The molecule has 0 aromatic carbocycles. The van der Waals surface area contributed by atoms with Crippen molar-refractivity contribution in [2.24, 2.45) is 0 Å². The maximum absolute atomic E-state index is 8.25. The summed E-state index contributed by atoms with van der Waals surface area (Å²) in [4.78, 5) is 0. The van der Waals surface area contributed by atoms with Gasteiger partial charge in [-0.1, -0.05) is 12.2 Å². The predicted molar refractivity (Wildman–Crippen MR) is 33.9 cm³/mol. The van der Waals surface area contributed by atoms with E-state index in [9.17, 15) is 0 Å². The Morgan fingerprint density at radius 3 is 1.43 bits per heavy atom. The average molecular weight is 125 g/mol. The van der Waals surface area contributed by atoms with E-state index in [1.807, 2.05) is 0 Å². The molecule has 4 nitrogen and oxygen atoms in total. The number of thiocarbonyl (C=S) groups is 1. The first-order valence-corrected chi connectivity index (χ1v) is 1.24. The lowest BCUT2D eigenvalue weighted by Crippen LogP contribution is -1.81. The van der Waals surface area contributed by atoms with E-state index in [0.29, 0.717) is 0 Å². The van der Waals surface area contributed by atoms with Crippen LogP contribution in [-0.2, 0) is 0 Å². The molecular formula is C2H11N3OS. The van der Waals surface area contributed by atoms with Crippen LogP contribution in [-0.4, -0.2) is 12.3 Å². The van der Waals surface area contributed by atoms with Crippen molar-refractivity contribution in [3.8, 4) is 0 Å². The van der Waals surface area contributed by atoms with Gasteiger partial charge in [0.15, 0.2) is 0 Å². The lowest BCUT2D eigenvalue weighted by Gasteiger charge is -1.57. The van der Waals surface area contributed by atoms with E-state index in [4.69, 9.17) is 10.5 Å². The molecular weight excluding hydrogens is 114 g/mol. The minimum absolute atomic E-state index is 0. The number of quaternary nitrogens is 2. The molecule has 0 aromatic heterocycles. The molecule has 0 fully saturated rings. The molecule has 7 heavy (non-hydrogen) atoms. The van der Waals surface area contributed by atoms with Crippen LogP contribution in [0, 0.1) is 0 Å². The van der Waals surface area contributed by atoms with Gasteiger partial charge in [0, 0.05) is 0 Å². The molecule has 0 rings (SSSR count). The van der Waals surface area contributed by atoms with Crippen LogP contribution in [0.2, 0.25) is 0 Å². The molecule has 46 valence electrons. The molecule has 8 N–H and O–H groups in total. The largest absolute Gasteiger partial charge is 0.857 e. The molecule has 0 aliphatic heterocycles. The van der Waals surface area contributed by atoms with E-state index in [-0.39, 0.29) is 12.3 Å². The lowest BCUT2D eigenvalue weighted by atomic mass is 11.8. The lowest BCUT2D eigenvalue weighted by molar-refractivity contribution is -0.325. The third kappa shape index (κ3) is 751. The second-order valence-corrected chi connectivity index (χ2v) is 0.274. The average Bonchev–Trinajstić information content (AvgIpc) is 1.46. The Kier molecular flexibility index (Phi) is 1150. The van der Waals surface area contributed by atoms with Crippen molar-refractivity contribution >= 4 is 17.4 Å². The zero-order chi connectivity index (χ0) is 4.71. The summed E-state index contributed by atoms with van der Waals surface area (Å²) in [5.41, 5.74) is 0. The van der Waals surface area contributed by atoms with Crippen LogP contribution in [0.15, 0.2) is 0 Å². The fourth-order valence-corrected chi connectivity index (χ4v) is 0. The monoisotopic (exact) mass is 125 g/mol. The van der Waals surface area contributed by atoms with Crippen LogP contribution < -0.4 is 17.4 Å². The van der Waals surface area contributed by atoms with Gasteiger partial charge in [-0.25, -0.2) is 0 Å². The summed E-state index contributed by atoms with van der Waals surface area (Å²) in [5, 5.41) is 16.7. The number of hydrogen-bond acceptors (Lipinski definition) is 2. The highest BCUT2D eigenvalue weighted by Crippen LogP contribution is 1.19. The molecule has 0 amide bonds. The summed E-state index contributed by atoms with van der Waals surface area (Å²) < 4.78 is 0. The van der Waals surface area contributed by atoms with Gasteiger partial charge in [-0.3, -0.25) is 0 Å². The van der Waals surface area contributed by atoms with Crippen LogP contribution in [0.1, 0.15) is 0 Å². The van der Waals surface area contributed by atoms with E-state index in [2.05, 4.69) is 12.2 Å². The Hall–Kier alpha value is -0.320. The second kappa shape index (κ2) is 269. The number of rotatable bonds is 0. The third-order valence-corrected chi connectivity index (χ3v) is 0. The van der Waals surface area contributed by atoms with Crippen molar-refractivity contribution in [1.82, 2.24) is 12.3 Å². The van der Waals surface area contributed by atoms with E-state index in [1.165, 1.54) is 5.16 Å². The molecule has 0 aromatic rings. The molecule has 0 spiro atoms. The van der Waals surface area contributed by atoms with Gasteiger partial charge >= 0.3 is 0 Å². The van der Waals surface area contributed by atoms with Crippen molar-refractivity contribution in [3.63, 3.8) is 0 Å². The summed E-state index contributed by atoms with van der Waals surface area (Å²) in [6.07, 6.45) is 0. The van der Waals surface area contributed by atoms with Gasteiger partial charge in [0.1, 0.15) is 0 Å². The smallest absolute Gasteiger partial charge is 0.0548 e. The van der Waals surface area contributed by atoms with Gasteiger partial charge in [-0.05, 0) is 0 Å². The molecule has 0 radical (unpaired) electrons. The molecule has 0 bridgehead atoms. The molecule has 0 atom stereocenters. The van der Waals surface area contributed by atoms with E-state index in [1.54, 1.807) is 0 Å². The fraction of sp³-hybridized carbons (Fsp3) is 0.500. The minimum atomic E-state index is 0. The summed E-state index contributed by atoms with van der Waals surface area (Å²) in [6.45, 7) is 0. The van der Waals surface area contributed by atoms with Gasteiger partial charge in [-0.2, -0.15) is 12.3 Å². The summed E-state index contributed by atoms with van der Waals surface area (Å²) in [6, 6.07) is 0. The molecule has 0 aliphatic carbocycles. The first-order chi connectivity index (χ1) is 2.41. The van der Waals surface area contributed by atoms with Gasteiger partial charge in [0.2, 0.25) is 0 Å². The molecule has 0 unspecified atom stereocenters. The second-order valence-electron chi connectivity index (χ2n) is 0.0913. The highest BCUT2D eigenvalue weighted by atomic mass is 32.1. The van der Waals surface area contributed by atoms with Gasteiger partial charge in [0.25, 0.3) is 0 Å². The zero-order valence-corrected chi connectivity index (χ0v) is 5.58. The Labute approximate surface area is 48.2 Å². The van der Waals surface area contributed by atoms with E-state index < -0.39 is 0 Å². The van der Waals surface area contributed by atoms with Gasteiger partial charge in [-0.15, -0.1) is 0 Å². The fourth-order valence-electron chi connectivity index (χ4n) is 0. The standard InChI is InChI=1S/CNS.CH3O.2H3N/c2-1-3;1-2;;/h;1H3;2*1H3/q2*-1;;/p+2. The van der Waals surface area contributed by atoms with Crippen molar-refractivity contribution in [1.29, 1.82) is 0 Å². The first-order valence-electron chi connectivity index (χ1n) is 0.836. The normalized spacial score (nSPS) is 2.00. The predicted octanol–water partition coefficient (Wildman–Crippen LogP) is 0.387. The van der Waals surface area contributed by atoms with Crippen LogP contribution in [0.4, 0.5) is 0 Å². The molecule has 0 saturated heterocycles. The van der Waals surface area contributed by atoms with Crippen LogP contribution in [0.3, 0.4) is 0 Å². The Morgan fingerprint density at radius 1 is 1.43 bits per heavy atom. The molecule has 0 heterocycles. The molecule has 5 heteroatoms. The van der Waals surface area contributed by atoms with Crippen LogP contribution >= 0.6 is 12.2 Å². The maximum Gasteiger partial charge on any atom is -0.0548 e. The number of nitrogens with zero attached hydrogens (tertiary/aromatic N) is 1. The zero-order valence-electron chi connectivity index (χ0n) is 4.76. The van der Waals surface area contributed by atoms with Gasteiger partial charge < -0.3 is 22.8 Å². The highest BCUT2D eigenvalue weighted by molar-refractivity contribution is 7.78. The Balaban J connectivity index is -0.0000000105. The maximum atomic E-state index is 8.25. The minimum Gasteiger partial charge on any atom is -0.857 e. The Bertz CT molecular complexity index is 33.9. The summed E-state index contributed by atoms with van der Waals surface area (Å²) >= 11 is 3.70. The molecule has 0 aliphatic rings. The van der Waals surface area contributed by atoms with Gasteiger partial charge in [0.05, 0.1) is 0 Å². The van der Waals surface area contributed by atoms with Crippen molar-refractivity contribution in [3.05, 3.63) is 5.41 Å². The third-order valence-electron chi connectivity index (χ3n) is 0. The summed E-state index contributed by atoms with van der Waals surface area (Å²) in [7, 11) is 0.750. The number of isothiocyanates is 1. The molecule has 0 saturated carbocycles. The first kappa shape index (κ1) is 30.0. The van der Waals surface area contributed by atoms with E-state index >= 15 is 0 Å². The van der Waals surface area contributed by atoms with Crippen LogP contribution in [0.25, 0.3) is 5.41 Å². The topological polar surface area (TPSA) is 118 Å². The highest BCUT2D eigenvalue weighted by Gasteiger charge is 0.756. The number of hydrogen-bond donors (Lipinski definition) is 2. The van der Waals surface area contributed by atoms with Crippen LogP contribution in [0.5, 0.6) is 0 Å².